The first kappa shape index (κ1) is 18.7. The van der Waals surface area contributed by atoms with E-state index >= 15 is 0 Å². The third kappa shape index (κ3) is 5.43. The maximum absolute atomic E-state index is 11.1. The van der Waals surface area contributed by atoms with Crippen LogP contribution in [0.3, 0.4) is 0 Å². The highest BCUT2D eigenvalue weighted by atomic mass is 16.5. The van der Waals surface area contributed by atoms with Crippen molar-refractivity contribution in [1.29, 1.82) is 0 Å². The van der Waals surface area contributed by atoms with Crippen LogP contribution < -0.4 is 9.47 Å². The molecule has 0 saturated heterocycles. The topological polar surface area (TPSA) is 44.8 Å². The van der Waals surface area contributed by atoms with E-state index in [1.807, 2.05) is 66.7 Å². The molecule has 0 fully saturated rings. The molecule has 0 saturated carbocycles. The zero-order valence-electron chi connectivity index (χ0n) is 15.3. The van der Waals surface area contributed by atoms with Crippen LogP contribution in [0.1, 0.15) is 21.5 Å². The lowest BCUT2D eigenvalue weighted by atomic mass is 10.0. The molecule has 0 spiro atoms. The molecule has 4 nitrogen and oxygen atoms in total. The van der Waals surface area contributed by atoms with Gasteiger partial charge in [-0.05, 0) is 53.6 Å². The van der Waals surface area contributed by atoms with Gasteiger partial charge >= 0.3 is 0 Å². The minimum Gasteiger partial charge on any atom is -0.491 e. The predicted molar refractivity (Wildman–Crippen MR) is 105 cm³/mol. The molecule has 0 N–H and O–H groups in total. The molecule has 0 aromatic heterocycles. The molecule has 0 aliphatic carbocycles. The average Bonchev–Trinajstić information content (AvgIpc) is 2.71. The monoisotopic (exact) mass is 362 g/mol. The maximum atomic E-state index is 11.1. The quantitative estimate of drug-likeness (QED) is 0.401. The van der Waals surface area contributed by atoms with E-state index < -0.39 is 0 Å². The Labute approximate surface area is 159 Å². The molecule has 0 aliphatic heterocycles. The van der Waals surface area contributed by atoms with Gasteiger partial charge in [-0.15, -0.1) is 0 Å². The molecule has 0 unspecified atom stereocenters. The normalized spacial score (nSPS) is 10.4. The van der Waals surface area contributed by atoms with Crippen LogP contribution in [0.2, 0.25) is 0 Å². The van der Waals surface area contributed by atoms with Crippen molar-refractivity contribution in [1.82, 2.24) is 0 Å². The summed E-state index contributed by atoms with van der Waals surface area (Å²) in [7, 11) is 1.64. The molecular formula is C23H22O4. The molecule has 0 amide bonds. The number of para-hydroxylation sites is 1. The summed E-state index contributed by atoms with van der Waals surface area (Å²) >= 11 is 0. The SMILES string of the molecule is COCCOc1ccc(C=O)cc1Cc1ccc(Oc2ccccc2)cc1. The molecule has 0 heterocycles. The number of rotatable bonds is 9. The Morgan fingerprint density at radius 3 is 2.30 bits per heavy atom. The van der Waals surface area contributed by atoms with Gasteiger partial charge < -0.3 is 14.2 Å². The van der Waals surface area contributed by atoms with E-state index in [4.69, 9.17) is 14.2 Å². The largest absolute Gasteiger partial charge is 0.491 e. The van der Waals surface area contributed by atoms with Crippen LogP contribution in [0.5, 0.6) is 17.2 Å². The lowest BCUT2D eigenvalue weighted by molar-refractivity contribution is 0.112. The summed E-state index contributed by atoms with van der Waals surface area (Å²) in [5.74, 6) is 2.35. The second-order valence-corrected chi connectivity index (χ2v) is 6.06. The lowest BCUT2D eigenvalue weighted by Crippen LogP contribution is -2.06. The summed E-state index contributed by atoms with van der Waals surface area (Å²) in [4.78, 5) is 11.1. The fourth-order valence-electron chi connectivity index (χ4n) is 2.71. The molecule has 0 bridgehead atoms. The number of hydrogen-bond donors (Lipinski definition) is 0. The van der Waals surface area contributed by atoms with Crippen LogP contribution in [0.4, 0.5) is 0 Å². The van der Waals surface area contributed by atoms with Crippen molar-refractivity contribution in [2.75, 3.05) is 20.3 Å². The smallest absolute Gasteiger partial charge is 0.150 e. The van der Waals surface area contributed by atoms with E-state index in [0.29, 0.717) is 25.2 Å². The highest BCUT2D eigenvalue weighted by molar-refractivity contribution is 5.75. The van der Waals surface area contributed by atoms with Crippen molar-refractivity contribution < 1.29 is 19.0 Å². The number of carbonyl (C=O) groups excluding carboxylic acids is 1. The lowest BCUT2D eigenvalue weighted by Gasteiger charge is -2.12. The van der Waals surface area contributed by atoms with E-state index in [9.17, 15) is 4.79 Å². The van der Waals surface area contributed by atoms with Crippen molar-refractivity contribution in [2.45, 2.75) is 6.42 Å². The Bertz CT molecular complexity index is 857. The first-order valence-electron chi connectivity index (χ1n) is 8.80. The molecule has 3 aromatic carbocycles. The van der Waals surface area contributed by atoms with E-state index in [1.165, 1.54) is 0 Å². The molecule has 4 heteroatoms. The zero-order valence-corrected chi connectivity index (χ0v) is 15.3. The molecule has 0 atom stereocenters. The molecule has 0 radical (unpaired) electrons. The van der Waals surface area contributed by atoms with Gasteiger partial charge in [0.05, 0.1) is 6.61 Å². The predicted octanol–water partition coefficient (Wildman–Crippen LogP) is 4.91. The van der Waals surface area contributed by atoms with Crippen molar-refractivity contribution in [2.24, 2.45) is 0 Å². The summed E-state index contributed by atoms with van der Waals surface area (Å²) in [5, 5.41) is 0. The van der Waals surface area contributed by atoms with Crippen molar-refractivity contribution in [3.63, 3.8) is 0 Å². The molecular weight excluding hydrogens is 340 g/mol. The minimum absolute atomic E-state index is 0.466. The van der Waals surface area contributed by atoms with Crippen LogP contribution >= 0.6 is 0 Å². The van der Waals surface area contributed by atoms with Gasteiger partial charge in [0, 0.05) is 19.1 Å². The first-order valence-corrected chi connectivity index (χ1v) is 8.80. The third-order valence-electron chi connectivity index (χ3n) is 4.06. The van der Waals surface area contributed by atoms with Gasteiger partial charge in [0.2, 0.25) is 0 Å². The Morgan fingerprint density at radius 2 is 1.59 bits per heavy atom. The van der Waals surface area contributed by atoms with Crippen molar-refractivity contribution >= 4 is 6.29 Å². The number of aldehydes is 1. The van der Waals surface area contributed by atoms with E-state index in [2.05, 4.69) is 0 Å². The number of hydrogen-bond acceptors (Lipinski definition) is 4. The Balaban J connectivity index is 1.72. The molecule has 27 heavy (non-hydrogen) atoms. The third-order valence-corrected chi connectivity index (χ3v) is 4.06. The molecule has 3 aromatic rings. The highest BCUT2D eigenvalue weighted by Gasteiger charge is 2.07. The van der Waals surface area contributed by atoms with E-state index in [-0.39, 0.29) is 0 Å². The summed E-state index contributed by atoms with van der Waals surface area (Å²) in [5.41, 5.74) is 2.70. The van der Waals surface area contributed by atoms with Crippen LogP contribution in [0, 0.1) is 0 Å². The fourth-order valence-corrected chi connectivity index (χ4v) is 2.71. The van der Waals surface area contributed by atoms with Gasteiger partial charge in [-0.1, -0.05) is 30.3 Å². The maximum Gasteiger partial charge on any atom is 0.150 e. The average molecular weight is 362 g/mol. The summed E-state index contributed by atoms with van der Waals surface area (Å²) < 4.78 is 16.6. The minimum atomic E-state index is 0.466. The van der Waals surface area contributed by atoms with Crippen LogP contribution in [-0.4, -0.2) is 26.6 Å². The second kappa shape index (κ2) is 9.55. The van der Waals surface area contributed by atoms with Crippen LogP contribution in [0.25, 0.3) is 0 Å². The van der Waals surface area contributed by atoms with Gasteiger partial charge in [-0.3, -0.25) is 4.79 Å². The summed E-state index contributed by atoms with van der Waals surface area (Å²) in [6, 6.07) is 23.1. The van der Waals surface area contributed by atoms with Gasteiger partial charge in [0.15, 0.2) is 0 Å². The van der Waals surface area contributed by atoms with Gasteiger partial charge in [-0.2, -0.15) is 0 Å². The molecule has 138 valence electrons. The molecule has 0 aliphatic rings. The summed E-state index contributed by atoms with van der Waals surface area (Å²) in [6.07, 6.45) is 1.51. The highest BCUT2D eigenvalue weighted by Crippen LogP contribution is 2.25. The van der Waals surface area contributed by atoms with E-state index in [0.717, 1.165) is 34.7 Å². The second-order valence-electron chi connectivity index (χ2n) is 6.06. The zero-order chi connectivity index (χ0) is 18.9. The molecule has 3 rings (SSSR count). The van der Waals surface area contributed by atoms with Gasteiger partial charge in [-0.25, -0.2) is 0 Å². The number of carbonyl (C=O) groups is 1. The Hall–Kier alpha value is -3.11. The fraction of sp³-hybridized carbons (Fsp3) is 0.174. The van der Waals surface area contributed by atoms with Crippen LogP contribution in [0.15, 0.2) is 72.8 Å². The first-order chi connectivity index (χ1) is 13.3. The Kier molecular flexibility index (Phi) is 6.61. The van der Waals surface area contributed by atoms with Crippen molar-refractivity contribution in [3.8, 4) is 17.2 Å². The number of ether oxygens (including phenoxy) is 3. The van der Waals surface area contributed by atoms with Gasteiger partial charge in [0.25, 0.3) is 0 Å². The summed E-state index contributed by atoms with van der Waals surface area (Å²) in [6.45, 7) is 0.980. The van der Waals surface area contributed by atoms with Crippen LogP contribution in [-0.2, 0) is 11.2 Å². The number of benzene rings is 3. The van der Waals surface area contributed by atoms with Crippen molar-refractivity contribution in [3.05, 3.63) is 89.5 Å². The van der Waals surface area contributed by atoms with E-state index in [1.54, 1.807) is 13.2 Å². The number of methoxy groups -OCH3 is 1. The Morgan fingerprint density at radius 1 is 0.852 bits per heavy atom. The standard InChI is InChI=1S/C23H22O4/c1-25-13-14-26-23-12-9-19(17-24)16-20(23)15-18-7-10-22(11-8-18)27-21-5-3-2-4-6-21/h2-12,16-17H,13-15H2,1H3. The van der Waals surface area contributed by atoms with Gasteiger partial charge in [0.1, 0.15) is 30.1 Å².